The molecule has 0 aliphatic heterocycles. The number of carbonyl (C=O) groups is 4. The van der Waals surface area contributed by atoms with Crippen molar-refractivity contribution in [2.24, 2.45) is 0 Å². The minimum atomic E-state index is -2.36. The van der Waals surface area contributed by atoms with E-state index in [4.69, 9.17) is 46.0 Å². The average molecular weight is 412 g/mol. The molecule has 0 aromatic carbocycles. The van der Waals surface area contributed by atoms with Crippen molar-refractivity contribution in [3.8, 4) is 0 Å². The van der Waals surface area contributed by atoms with Gasteiger partial charge in [0.2, 0.25) is 0 Å². The van der Waals surface area contributed by atoms with E-state index < -0.39 is 60.8 Å². The molecular weight excluding hydrogens is 392 g/mol. The molecule has 0 fully saturated rings. The number of hydrogen-bond donors (Lipinski definition) is 9. The van der Waals surface area contributed by atoms with Gasteiger partial charge in [-0.1, -0.05) is 0 Å². The van der Waals surface area contributed by atoms with Crippen molar-refractivity contribution in [1.29, 1.82) is 0 Å². The van der Waals surface area contributed by atoms with E-state index in [1.807, 2.05) is 0 Å². The number of carbonyl (C=O) groups excluding carboxylic acids is 3. The summed E-state index contributed by atoms with van der Waals surface area (Å²) in [5.74, 6) is -3.77. The van der Waals surface area contributed by atoms with Gasteiger partial charge in [-0.05, 0) is 0 Å². The van der Waals surface area contributed by atoms with Crippen molar-refractivity contribution in [1.82, 2.24) is 0 Å². The molecule has 15 heteroatoms. The summed E-state index contributed by atoms with van der Waals surface area (Å²) in [4.78, 5) is 39.8. The van der Waals surface area contributed by atoms with E-state index in [1.54, 1.807) is 0 Å². The van der Waals surface area contributed by atoms with E-state index in [0.29, 0.717) is 0 Å². The fraction of sp³-hybridized carbons (Fsp3) is 0.667. The molecular formula is C12H19MgO14+. The van der Waals surface area contributed by atoms with Gasteiger partial charge in [0.1, 0.15) is 42.7 Å². The number of hydrogen-bond acceptors (Lipinski definition) is 13. The standard InChI is InChI=1S/2C6H10O7.Mg/c2*7-1-2(8)3(9)4(10)5(11)6(12)13;/h2*1-5,8-11H,(H,12,13);/q;;+2/p-1/t2*2-,3+,4+,5-;/m00./s1. The first-order valence-corrected chi connectivity index (χ1v) is 6.62. The van der Waals surface area contributed by atoms with Crippen LogP contribution in [-0.2, 0) is 19.2 Å². The maximum atomic E-state index is 10.1. The van der Waals surface area contributed by atoms with Gasteiger partial charge in [0.15, 0.2) is 18.7 Å². The zero-order chi connectivity index (χ0) is 21.2. The molecule has 0 rings (SSSR count). The van der Waals surface area contributed by atoms with E-state index in [9.17, 15) is 24.3 Å². The van der Waals surface area contributed by atoms with Crippen LogP contribution in [0.15, 0.2) is 0 Å². The summed E-state index contributed by atoms with van der Waals surface area (Å²) in [5.41, 5.74) is 0. The fourth-order valence-electron chi connectivity index (χ4n) is 1.22. The van der Waals surface area contributed by atoms with Gasteiger partial charge in [-0.25, -0.2) is 4.79 Å². The number of rotatable bonds is 10. The molecule has 0 spiro atoms. The summed E-state index contributed by atoms with van der Waals surface area (Å²) < 4.78 is 0. The number of carboxylic acids is 2. The van der Waals surface area contributed by atoms with Crippen LogP contribution in [0.1, 0.15) is 0 Å². The van der Waals surface area contributed by atoms with Crippen LogP contribution in [0.4, 0.5) is 0 Å². The molecule has 8 atom stereocenters. The van der Waals surface area contributed by atoms with Gasteiger partial charge < -0.3 is 65.4 Å². The summed E-state index contributed by atoms with van der Waals surface area (Å²) in [6.45, 7) is 0. The predicted octanol–water partition coefficient (Wildman–Crippen LogP) is -8.29. The van der Waals surface area contributed by atoms with Crippen molar-refractivity contribution < 1.29 is 70.2 Å². The van der Waals surface area contributed by atoms with Crippen LogP contribution in [0.5, 0.6) is 0 Å². The van der Waals surface area contributed by atoms with E-state index in [1.165, 1.54) is 0 Å². The molecule has 152 valence electrons. The van der Waals surface area contributed by atoms with Crippen molar-refractivity contribution in [2.45, 2.75) is 48.8 Å². The molecule has 0 aliphatic carbocycles. The fourth-order valence-corrected chi connectivity index (χ4v) is 1.22. The zero-order valence-electron chi connectivity index (χ0n) is 13.5. The molecule has 0 amide bonds. The van der Waals surface area contributed by atoms with Crippen LogP contribution in [-0.4, -0.2) is 142 Å². The molecule has 0 saturated carbocycles. The first-order valence-electron chi connectivity index (χ1n) is 6.62. The van der Waals surface area contributed by atoms with E-state index in [2.05, 4.69) is 0 Å². The van der Waals surface area contributed by atoms with Crippen molar-refractivity contribution >= 4 is 47.6 Å². The first kappa shape index (κ1) is 30.5. The molecule has 0 heterocycles. The molecule has 14 nitrogen and oxygen atoms in total. The second kappa shape index (κ2) is 14.7. The Hall–Kier alpha value is -1.27. The quantitative estimate of drug-likeness (QED) is 0.119. The second-order valence-electron chi connectivity index (χ2n) is 4.76. The molecule has 0 radical (unpaired) electrons. The van der Waals surface area contributed by atoms with Crippen LogP contribution < -0.4 is 5.11 Å². The number of aliphatic hydroxyl groups is 8. The monoisotopic (exact) mass is 411 g/mol. The van der Waals surface area contributed by atoms with Crippen LogP contribution in [0, 0.1) is 0 Å². The Balaban J connectivity index is -0.000000411. The van der Waals surface area contributed by atoms with E-state index in [0.717, 1.165) is 0 Å². The maximum absolute atomic E-state index is 10.1. The second-order valence-corrected chi connectivity index (χ2v) is 4.76. The number of aldehydes is 2. The van der Waals surface area contributed by atoms with Crippen molar-refractivity contribution in [3.63, 3.8) is 0 Å². The van der Waals surface area contributed by atoms with Gasteiger partial charge in [0, 0.05) is 0 Å². The molecule has 0 bridgehead atoms. The summed E-state index contributed by atoms with van der Waals surface area (Å²) >= 11 is 0. The summed E-state index contributed by atoms with van der Waals surface area (Å²) in [5, 5.41) is 88.0. The number of aliphatic carboxylic acids is 2. The van der Waals surface area contributed by atoms with E-state index >= 15 is 0 Å². The summed E-state index contributed by atoms with van der Waals surface area (Å²) in [7, 11) is 0. The minimum absolute atomic E-state index is 0. The SMILES string of the molecule is O=C[C@H](O)[C@@H](O)[C@@H](O)[C@H](O)C(=O)O.O=C[C@H](O)[C@@H](O)[C@@H](O)[C@H](O)C(=O)[O-].[Mg+2]. The third-order valence-corrected chi connectivity index (χ3v) is 2.82. The van der Waals surface area contributed by atoms with Crippen LogP contribution in [0.2, 0.25) is 0 Å². The predicted molar refractivity (Wildman–Crippen MR) is 78.6 cm³/mol. The van der Waals surface area contributed by atoms with Crippen molar-refractivity contribution in [2.75, 3.05) is 0 Å². The third-order valence-electron chi connectivity index (χ3n) is 2.82. The Labute approximate surface area is 167 Å². The molecule has 0 saturated heterocycles. The van der Waals surface area contributed by atoms with Gasteiger partial charge in [0.05, 0.1) is 5.97 Å². The molecule has 9 N–H and O–H groups in total. The van der Waals surface area contributed by atoms with Crippen LogP contribution in [0.25, 0.3) is 0 Å². The van der Waals surface area contributed by atoms with Crippen LogP contribution >= 0.6 is 0 Å². The largest absolute Gasteiger partial charge is 2.00 e. The van der Waals surface area contributed by atoms with Gasteiger partial charge in [-0.3, -0.25) is 0 Å². The summed E-state index contributed by atoms with van der Waals surface area (Å²) in [6, 6.07) is 0. The molecule has 0 aromatic heterocycles. The Bertz CT molecular complexity index is 431. The number of carboxylic acid groups (broad SMARTS) is 2. The topological polar surface area (TPSA) is 273 Å². The molecule has 0 aliphatic rings. The van der Waals surface area contributed by atoms with Gasteiger partial charge in [-0.2, -0.15) is 0 Å². The normalized spacial score (nSPS) is 19.3. The minimum Gasteiger partial charge on any atom is -0.547 e. The zero-order valence-corrected chi connectivity index (χ0v) is 15.0. The smallest absolute Gasteiger partial charge is 0.547 e. The van der Waals surface area contributed by atoms with Gasteiger partial charge in [0.25, 0.3) is 0 Å². The Kier molecular flexibility index (Phi) is 16.6. The number of aliphatic hydroxyl groups excluding tert-OH is 8. The van der Waals surface area contributed by atoms with E-state index in [-0.39, 0.29) is 35.6 Å². The third kappa shape index (κ3) is 10.6. The Morgan fingerprint density at radius 3 is 1.19 bits per heavy atom. The summed E-state index contributed by atoms with van der Waals surface area (Å²) in [6.07, 6.45) is -17.0. The maximum Gasteiger partial charge on any atom is 2.00 e. The van der Waals surface area contributed by atoms with Gasteiger partial charge in [-0.15, -0.1) is 0 Å². The van der Waals surface area contributed by atoms with Crippen molar-refractivity contribution in [3.05, 3.63) is 0 Å². The van der Waals surface area contributed by atoms with Crippen LogP contribution in [0.3, 0.4) is 0 Å². The van der Waals surface area contributed by atoms with Gasteiger partial charge >= 0.3 is 29.0 Å². The Morgan fingerprint density at radius 2 is 0.963 bits per heavy atom. The Morgan fingerprint density at radius 1 is 0.667 bits per heavy atom. The average Bonchev–Trinajstić information content (AvgIpc) is 2.62. The molecule has 0 aromatic rings. The first-order chi connectivity index (χ1) is 11.8. The molecule has 0 unspecified atom stereocenters. The molecule has 27 heavy (non-hydrogen) atoms.